The molecule has 0 aliphatic rings. The Morgan fingerprint density at radius 2 is 2.10 bits per heavy atom. The molecule has 2 rings (SSSR count). The van der Waals surface area contributed by atoms with Gasteiger partial charge >= 0.3 is 5.97 Å². The molecule has 2 N–H and O–H groups in total. The summed E-state index contributed by atoms with van der Waals surface area (Å²) >= 11 is 7.59. The smallest absolute Gasteiger partial charge is 0.335 e. The van der Waals surface area contributed by atoms with Crippen LogP contribution in [0.5, 0.6) is 0 Å². The maximum absolute atomic E-state index is 11.0. The summed E-state index contributed by atoms with van der Waals surface area (Å²) in [6, 6.07) is 4.98. The largest absolute Gasteiger partial charge is 0.478 e. The highest BCUT2D eigenvalue weighted by atomic mass is 35.5. The van der Waals surface area contributed by atoms with Gasteiger partial charge in [-0.25, -0.2) is 9.78 Å². The van der Waals surface area contributed by atoms with Gasteiger partial charge in [0.2, 0.25) is 0 Å². The third-order valence-electron chi connectivity index (χ3n) is 2.95. The van der Waals surface area contributed by atoms with Crippen LogP contribution in [0.2, 0.25) is 5.15 Å². The monoisotopic (exact) mass is 310 g/mol. The average molecular weight is 311 g/mol. The van der Waals surface area contributed by atoms with Crippen molar-refractivity contribution in [3.05, 3.63) is 44.2 Å². The van der Waals surface area contributed by atoms with Crippen LogP contribution in [0.4, 0.5) is 5.82 Å². The van der Waals surface area contributed by atoms with Crippen LogP contribution < -0.4 is 5.32 Å². The number of aromatic carboxylic acids is 1. The molecule has 0 amide bonds. The molecule has 0 saturated carbocycles. The highest BCUT2D eigenvalue weighted by molar-refractivity contribution is 7.12. The summed E-state index contributed by atoms with van der Waals surface area (Å²) in [7, 11) is 0. The molecular formula is C14H15ClN2O2S. The Labute approximate surface area is 126 Å². The van der Waals surface area contributed by atoms with Gasteiger partial charge in [0.05, 0.1) is 11.6 Å². The highest BCUT2D eigenvalue weighted by Crippen LogP contribution is 2.28. The van der Waals surface area contributed by atoms with Crippen molar-refractivity contribution >= 4 is 34.7 Å². The number of pyridine rings is 1. The summed E-state index contributed by atoms with van der Waals surface area (Å²) in [6.07, 6.45) is 0. The molecule has 106 valence electrons. The second kappa shape index (κ2) is 5.81. The van der Waals surface area contributed by atoms with Crippen molar-refractivity contribution in [3.8, 4) is 0 Å². The molecule has 0 aromatic carbocycles. The molecule has 6 heteroatoms. The van der Waals surface area contributed by atoms with E-state index in [4.69, 9.17) is 16.7 Å². The van der Waals surface area contributed by atoms with Crippen molar-refractivity contribution in [2.45, 2.75) is 26.8 Å². The number of hydrogen-bond donors (Lipinski definition) is 2. The van der Waals surface area contributed by atoms with Crippen molar-refractivity contribution < 1.29 is 9.90 Å². The highest BCUT2D eigenvalue weighted by Gasteiger charge is 2.13. The van der Waals surface area contributed by atoms with Crippen LogP contribution >= 0.6 is 22.9 Å². The molecule has 2 aromatic heterocycles. The minimum absolute atomic E-state index is 0.0348. The second-order valence-electron chi connectivity index (χ2n) is 4.60. The van der Waals surface area contributed by atoms with Crippen LogP contribution in [-0.4, -0.2) is 16.1 Å². The normalized spacial score (nSPS) is 12.2. The minimum atomic E-state index is -1.02. The Hall–Kier alpha value is -1.59. The number of carboxylic acids is 1. The van der Waals surface area contributed by atoms with Crippen LogP contribution in [0.3, 0.4) is 0 Å². The zero-order chi connectivity index (χ0) is 14.9. The number of nitrogens with one attached hydrogen (secondary N) is 1. The van der Waals surface area contributed by atoms with Crippen molar-refractivity contribution in [3.63, 3.8) is 0 Å². The molecule has 4 nitrogen and oxygen atoms in total. The van der Waals surface area contributed by atoms with Gasteiger partial charge in [-0.05, 0) is 44.5 Å². The van der Waals surface area contributed by atoms with Crippen molar-refractivity contribution in [1.29, 1.82) is 0 Å². The summed E-state index contributed by atoms with van der Waals surface area (Å²) in [5, 5.41) is 12.4. The number of nitrogens with zero attached hydrogens (tertiary/aromatic N) is 1. The number of halogens is 1. The van der Waals surface area contributed by atoms with Crippen LogP contribution in [0.25, 0.3) is 0 Å². The zero-order valence-corrected chi connectivity index (χ0v) is 13.0. The molecule has 0 fully saturated rings. The number of carboxylic acid groups (broad SMARTS) is 1. The van der Waals surface area contributed by atoms with Gasteiger partial charge in [-0.15, -0.1) is 11.3 Å². The fraction of sp³-hybridized carbons (Fsp3) is 0.286. The van der Waals surface area contributed by atoms with E-state index in [1.165, 1.54) is 27.5 Å². The SMILES string of the molecule is Cc1cc(C(C)Nc2cc(C(=O)O)cc(Cl)n2)c(C)s1. The van der Waals surface area contributed by atoms with Gasteiger partial charge in [0, 0.05) is 9.75 Å². The first-order valence-corrected chi connectivity index (χ1v) is 7.30. The number of rotatable bonds is 4. The molecule has 1 atom stereocenters. The van der Waals surface area contributed by atoms with Crippen LogP contribution in [0, 0.1) is 13.8 Å². The van der Waals surface area contributed by atoms with E-state index in [-0.39, 0.29) is 16.8 Å². The zero-order valence-electron chi connectivity index (χ0n) is 11.4. The Balaban J connectivity index is 2.25. The first-order valence-electron chi connectivity index (χ1n) is 6.11. The second-order valence-corrected chi connectivity index (χ2v) is 6.45. The van der Waals surface area contributed by atoms with Gasteiger partial charge in [0.1, 0.15) is 11.0 Å². The van der Waals surface area contributed by atoms with Gasteiger partial charge in [0.15, 0.2) is 0 Å². The fourth-order valence-corrected chi connectivity index (χ4v) is 3.31. The molecule has 0 saturated heterocycles. The van der Waals surface area contributed by atoms with E-state index < -0.39 is 5.97 Å². The standard InChI is InChI=1S/C14H15ClN2O2S/c1-7-4-11(9(3)20-7)8(2)16-13-6-10(14(18)19)5-12(15)17-13/h4-6,8H,1-3H3,(H,16,17)(H,18,19). The molecule has 0 radical (unpaired) electrons. The average Bonchev–Trinajstić information content (AvgIpc) is 2.67. The molecule has 0 aliphatic heterocycles. The van der Waals surface area contributed by atoms with Crippen molar-refractivity contribution in [2.75, 3.05) is 5.32 Å². The van der Waals surface area contributed by atoms with Gasteiger partial charge in [-0.1, -0.05) is 11.6 Å². The number of hydrogen-bond acceptors (Lipinski definition) is 4. The predicted octanol–water partition coefficient (Wildman–Crippen LogP) is 4.28. The molecule has 0 spiro atoms. The van der Waals surface area contributed by atoms with Crippen LogP contribution in [0.1, 0.15) is 38.6 Å². The molecule has 2 heterocycles. The Kier molecular flexibility index (Phi) is 4.30. The van der Waals surface area contributed by atoms with Gasteiger partial charge in [0.25, 0.3) is 0 Å². The summed E-state index contributed by atoms with van der Waals surface area (Å²) in [6.45, 7) is 6.14. The van der Waals surface area contributed by atoms with Crippen molar-refractivity contribution in [1.82, 2.24) is 4.98 Å². The van der Waals surface area contributed by atoms with E-state index in [2.05, 4.69) is 30.2 Å². The third kappa shape index (κ3) is 3.29. The van der Waals surface area contributed by atoms with Gasteiger partial charge < -0.3 is 10.4 Å². The van der Waals surface area contributed by atoms with Crippen LogP contribution in [0.15, 0.2) is 18.2 Å². The molecule has 20 heavy (non-hydrogen) atoms. The predicted molar refractivity (Wildman–Crippen MR) is 82.0 cm³/mol. The van der Waals surface area contributed by atoms with E-state index in [0.29, 0.717) is 5.82 Å². The van der Waals surface area contributed by atoms with Crippen molar-refractivity contribution in [2.24, 2.45) is 0 Å². The summed E-state index contributed by atoms with van der Waals surface area (Å²) in [5.74, 6) is -0.557. The number of aromatic nitrogens is 1. The first-order chi connectivity index (χ1) is 9.36. The quantitative estimate of drug-likeness (QED) is 0.827. The van der Waals surface area contributed by atoms with E-state index in [1.807, 2.05) is 6.92 Å². The lowest BCUT2D eigenvalue weighted by Gasteiger charge is -2.15. The lowest BCUT2D eigenvalue weighted by molar-refractivity contribution is 0.0697. The molecule has 0 aliphatic carbocycles. The lowest BCUT2D eigenvalue weighted by Crippen LogP contribution is -2.09. The maximum Gasteiger partial charge on any atom is 0.335 e. The molecule has 0 bridgehead atoms. The number of anilines is 1. The summed E-state index contributed by atoms with van der Waals surface area (Å²) in [4.78, 5) is 17.6. The van der Waals surface area contributed by atoms with Crippen LogP contribution in [-0.2, 0) is 0 Å². The number of aryl methyl sites for hydroxylation is 2. The molecule has 1 unspecified atom stereocenters. The Morgan fingerprint density at radius 3 is 2.65 bits per heavy atom. The Morgan fingerprint density at radius 1 is 1.40 bits per heavy atom. The van der Waals surface area contributed by atoms with E-state index >= 15 is 0 Å². The maximum atomic E-state index is 11.0. The van der Waals surface area contributed by atoms with Gasteiger partial charge in [-0.2, -0.15) is 0 Å². The van der Waals surface area contributed by atoms with E-state index in [1.54, 1.807) is 11.3 Å². The summed E-state index contributed by atoms with van der Waals surface area (Å²) < 4.78 is 0. The fourth-order valence-electron chi connectivity index (χ4n) is 2.07. The first kappa shape index (κ1) is 14.8. The summed E-state index contributed by atoms with van der Waals surface area (Å²) in [5.41, 5.74) is 1.31. The molecular weight excluding hydrogens is 296 g/mol. The van der Waals surface area contributed by atoms with Gasteiger partial charge in [-0.3, -0.25) is 0 Å². The third-order valence-corrected chi connectivity index (χ3v) is 4.13. The van der Waals surface area contributed by atoms with E-state index in [0.717, 1.165) is 0 Å². The minimum Gasteiger partial charge on any atom is -0.478 e. The number of carbonyl (C=O) groups is 1. The topological polar surface area (TPSA) is 62.2 Å². The Bertz CT molecular complexity index is 655. The molecule has 2 aromatic rings. The van der Waals surface area contributed by atoms with E-state index in [9.17, 15) is 4.79 Å². The lowest BCUT2D eigenvalue weighted by atomic mass is 10.1. The number of thiophene rings is 1.